The van der Waals surface area contributed by atoms with Gasteiger partial charge in [-0.05, 0) is 48.3 Å². The monoisotopic (exact) mass is 336 g/mol. The van der Waals surface area contributed by atoms with E-state index in [4.69, 9.17) is 17.3 Å². The third-order valence-electron chi connectivity index (χ3n) is 2.76. The van der Waals surface area contributed by atoms with Gasteiger partial charge in [0.15, 0.2) is 5.11 Å². The van der Waals surface area contributed by atoms with E-state index in [-0.39, 0.29) is 22.3 Å². The topological polar surface area (TPSA) is 98.7 Å². The van der Waals surface area contributed by atoms with Gasteiger partial charge < -0.3 is 15.5 Å². The predicted molar refractivity (Wildman–Crippen MR) is 87.8 cm³/mol. The predicted octanol–water partition coefficient (Wildman–Crippen LogP) is 2.59. The number of aromatic hydroxyl groups is 1. The molecule has 8 heteroatoms. The Balaban J connectivity index is 2.12. The van der Waals surface area contributed by atoms with Crippen molar-refractivity contribution in [3.8, 4) is 5.75 Å². The SMILES string of the molecule is Cc1cc(NC(=S)NC(=O)c2cccs2)cc(C(=O)O)c1O. The number of phenols is 1. The molecule has 4 N–H and O–H groups in total. The van der Waals surface area contributed by atoms with Gasteiger partial charge in [-0.3, -0.25) is 10.1 Å². The molecule has 114 valence electrons. The van der Waals surface area contributed by atoms with Crippen LogP contribution < -0.4 is 10.6 Å². The summed E-state index contributed by atoms with van der Waals surface area (Å²) < 4.78 is 0. The summed E-state index contributed by atoms with van der Waals surface area (Å²) in [7, 11) is 0. The summed E-state index contributed by atoms with van der Waals surface area (Å²) in [5.74, 6) is -1.90. The lowest BCUT2D eigenvalue weighted by atomic mass is 10.1. The molecule has 0 unspecified atom stereocenters. The van der Waals surface area contributed by atoms with Crippen LogP contribution >= 0.6 is 23.6 Å². The van der Waals surface area contributed by atoms with Gasteiger partial charge in [0.2, 0.25) is 0 Å². The van der Waals surface area contributed by atoms with Crippen molar-refractivity contribution in [2.75, 3.05) is 5.32 Å². The molecule has 0 saturated heterocycles. The Kier molecular flexibility index (Phi) is 4.74. The van der Waals surface area contributed by atoms with Crippen molar-refractivity contribution in [3.63, 3.8) is 0 Å². The lowest BCUT2D eigenvalue weighted by molar-refractivity contribution is 0.0693. The summed E-state index contributed by atoms with van der Waals surface area (Å²) in [6.45, 7) is 1.57. The summed E-state index contributed by atoms with van der Waals surface area (Å²) >= 11 is 6.30. The summed E-state index contributed by atoms with van der Waals surface area (Å²) in [5.41, 5.74) is 0.508. The molecular formula is C14H12N2O4S2. The van der Waals surface area contributed by atoms with Crippen molar-refractivity contribution in [3.05, 3.63) is 45.6 Å². The van der Waals surface area contributed by atoms with E-state index in [1.165, 1.54) is 23.5 Å². The molecule has 0 aliphatic carbocycles. The molecule has 0 aliphatic rings. The maximum absolute atomic E-state index is 11.8. The van der Waals surface area contributed by atoms with E-state index in [0.29, 0.717) is 16.1 Å². The number of aromatic carboxylic acids is 1. The number of carbonyl (C=O) groups is 2. The molecule has 22 heavy (non-hydrogen) atoms. The second-order valence-electron chi connectivity index (χ2n) is 4.38. The van der Waals surface area contributed by atoms with Crippen LogP contribution in [0.25, 0.3) is 0 Å². The number of anilines is 1. The highest BCUT2D eigenvalue weighted by Crippen LogP contribution is 2.26. The van der Waals surface area contributed by atoms with Crippen molar-refractivity contribution in [1.29, 1.82) is 0 Å². The van der Waals surface area contributed by atoms with E-state index in [1.54, 1.807) is 24.4 Å². The molecule has 2 aromatic rings. The molecule has 0 fully saturated rings. The normalized spacial score (nSPS) is 10.0. The quantitative estimate of drug-likeness (QED) is 0.508. The minimum atomic E-state index is -1.25. The van der Waals surface area contributed by atoms with Crippen LogP contribution in [0.1, 0.15) is 25.6 Å². The number of rotatable bonds is 3. The molecule has 0 aliphatic heterocycles. The Morgan fingerprint density at radius 3 is 2.64 bits per heavy atom. The number of amides is 1. The number of thiocarbonyl (C=S) groups is 1. The first-order valence-corrected chi connectivity index (χ1v) is 7.40. The molecule has 6 nitrogen and oxygen atoms in total. The zero-order chi connectivity index (χ0) is 16.3. The average Bonchev–Trinajstić information content (AvgIpc) is 2.96. The number of aryl methyl sites for hydroxylation is 1. The van der Waals surface area contributed by atoms with Gasteiger partial charge in [-0.15, -0.1) is 11.3 Å². The minimum absolute atomic E-state index is 0.0415. The highest BCUT2D eigenvalue weighted by atomic mass is 32.1. The smallest absolute Gasteiger partial charge is 0.339 e. The van der Waals surface area contributed by atoms with Crippen molar-refractivity contribution in [1.82, 2.24) is 5.32 Å². The minimum Gasteiger partial charge on any atom is -0.507 e. The van der Waals surface area contributed by atoms with Crippen LogP contribution in [0.5, 0.6) is 5.75 Å². The fourth-order valence-electron chi connectivity index (χ4n) is 1.75. The fraction of sp³-hybridized carbons (Fsp3) is 0.0714. The molecule has 0 atom stereocenters. The molecule has 0 spiro atoms. The lowest BCUT2D eigenvalue weighted by Crippen LogP contribution is -2.33. The van der Waals surface area contributed by atoms with Crippen LogP contribution in [0.4, 0.5) is 5.69 Å². The lowest BCUT2D eigenvalue weighted by Gasteiger charge is -2.11. The van der Waals surface area contributed by atoms with Gasteiger partial charge in [0, 0.05) is 5.69 Å². The zero-order valence-electron chi connectivity index (χ0n) is 11.4. The first-order chi connectivity index (χ1) is 10.4. The molecule has 0 radical (unpaired) electrons. The van der Waals surface area contributed by atoms with Crippen LogP contribution in [-0.2, 0) is 0 Å². The molecule has 0 bridgehead atoms. The van der Waals surface area contributed by atoms with Crippen LogP contribution in [-0.4, -0.2) is 27.2 Å². The number of nitrogens with one attached hydrogen (secondary N) is 2. The summed E-state index contributed by atoms with van der Waals surface area (Å²) in [6.07, 6.45) is 0. The Bertz CT molecular complexity index is 742. The highest BCUT2D eigenvalue weighted by molar-refractivity contribution is 7.80. The molecule has 1 aromatic heterocycles. The number of hydrogen-bond donors (Lipinski definition) is 4. The first-order valence-electron chi connectivity index (χ1n) is 6.11. The Morgan fingerprint density at radius 1 is 1.32 bits per heavy atom. The second kappa shape index (κ2) is 6.54. The Morgan fingerprint density at radius 2 is 2.05 bits per heavy atom. The number of thiophene rings is 1. The largest absolute Gasteiger partial charge is 0.507 e. The van der Waals surface area contributed by atoms with Gasteiger partial charge in [-0.1, -0.05) is 6.07 Å². The van der Waals surface area contributed by atoms with Crippen molar-refractivity contribution in [2.24, 2.45) is 0 Å². The number of carboxylic acids is 1. The summed E-state index contributed by atoms with van der Waals surface area (Å²) in [4.78, 5) is 23.4. The molecule has 1 amide bonds. The van der Waals surface area contributed by atoms with E-state index < -0.39 is 5.97 Å². The van der Waals surface area contributed by atoms with E-state index in [2.05, 4.69) is 10.6 Å². The highest BCUT2D eigenvalue weighted by Gasteiger charge is 2.15. The molecule has 1 aromatic carbocycles. The van der Waals surface area contributed by atoms with Crippen molar-refractivity contribution in [2.45, 2.75) is 6.92 Å². The van der Waals surface area contributed by atoms with Gasteiger partial charge in [-0.2, -0.15) is 0 Å². The van der Waals surface area contributed by atoms with Crippen LogP contribution in [0.2, 0.25) is 0 Å². The van der Waals surface area contributed by atoms with Crippen molar-refractivity contribution >= 4 is 46.2 Å². The zero-order valence-corrected chi connectivity index (χ0v) is 13.0. The van der Waals surface area contributed by atoms with Crippen LogP contribution in [0, 0.1) is 6.92 Å². The number of carbonyl (C=O) groups excluding carboxylic acids is 1. The third-order valence-corrected chi connectivity index (χ3v) is 3.83. The molecule has 1 heterocycles. The van der Waals surface area contributed by atoms with Crippen molar-refractivity contribution < 1.29 is 19.8 Å². The van der Waals surface area contributed by atoms with Gasteiger partial charge >= 0.3 is 5.97 Å². The molecule has 2 rings (SSSR count). The van der Waals surface area contributed by atoms with Gasteiger partial charge in [-0.25, -0.2) is 4.79 Å². The van der Waals surface area contributed by atoms with Gasteiger partial charge in [0.1, 0.15) is 11.3 Å². The number of benzene rings is 1. The Hall–Kier alpha value is -2.45. The van der Waals surface area contributed by atoms with E-state index in [9.17, 15) is 14.7 Å². The first kappa shape index (κ1) is 15.9. The van der Waals surface area contributed by atoms with Crippen LogP contribution in [0.3, 0.4) is 0 Å². The van der Waals surface area contributed by atoms with E-state index in [1.807, 2.05) is 0 Å². The molecular weight excluding hydrogens is 324 g/mol. The Labute approximate surface area is 135 Å². The van der Waals surface area contributed by atoms with E-state index >= 15 is 0 Å². The maximum atomic E-state index is 11.8. The van der Waals surface area contributed by atoms with E-state index in [0.717, 1.165) is 0 Å². The summed E-state index contributed by atoms with van der Waals surface area (Å²) in [6, 6.07) is 6.19. The standard InChI is InChI=1S/C14H12N2O4S2/c1-7-5-8(6-9(11(7)17)13(19)20)15-14(21)16-12(18)10-3-2-4-22-10/h2-6,17H,1H3,(H,19,20)(H2,15,16,18,21). The number of hydrogen-bond acceptors (Lipinski definition) is 5. The third kappa shape index (κ3) is 3.60. The second-order valence-corrected chi connectivity index (χ2v) is 5.74. The van der Waals surface area contributed by atoms with Crippen LogP contribution in [0.15, 0.2) is 29.6 Å². The number of carboxylic acid groups (broad SMARTS) is 1. The summed E-state index contributed by atoms with van der Waals surface area (Å²) in [5, 5.41) is 25.8. The maximum Gasteiger partial charge on any atom is 0.339 e. The van der Waals surface area contributed by atoms with Gasteiger partial charge in [0.25, 0.3) is 5.91 Å². The fourth-order valence-corrected chi connectivity index (χ4v) is 2.58. The van der Waals surface area contributed by atoms with Gasteiger partial charge in [0.05, 0.1) is 4.88 Å². The molecule has 0 saturated carbocycles. The average molecular weight is 336 g/mol.